The second-order valence-corrected chi connectivity index (χ2v) is 7.99. The molecule has 0 bridgehead atoms. The van der Waals surface area contributed by atoms with E-state index in [2.05, 4.69) is 13.2 Å². The summed E-state index contributed by atoms with van der Waals surface area (Å²) in [6, 6.07) is 9.67. The monoisotopic (exact) mass is 466 g/mol. The van der Waals surface area contributed by atoms with Crippen LogP contribution in [0.15, 0.2) is 66.6 Å². The van der Waals surface area contributed by atoms with Crippen LogP contribution in [-0.4, -0.2) is 34.6 Å². The van der Waals surface area contributed by atoms with Gasteiger partial charge in [0.1, 0.15) is 6.61 Å². The Balaban J connectivity index is 1.89. The summed E-state index contributed by atoms with van der Waals surface area (Å²) in [5, 5.41) is 10.5. The molecule has 170 valence electrons. The number of carbonyl (C=O) groups excluding carboxylic acids is 2. The smallest absolute Gasteiger partial charge is 0.293 e. The number of imide groups is 1. The number of methoxy groups -OCH3 is 1. The Morgan fingerprint density at radius 1 is 1.15 bits per heavy atom. The van der Waals surface area contributed by atoms with Gasteiger partial charge >= 0.3 is 0 Å². The molecule has 0 saturated carbocycles. The van der Waals surface area contributed by atoms with Crippen molar-refractivity contribution in [1.29, 1.82) is 0 Å². The lowest BCUT2D eigenvalue weighted by Gasteiger charge is -2.16. The van der Waals surface area contributed by atoms with E-state index in [4.69, 9.17) is 9.47 Å². The van der Waals surface area contributed by atoms with Gasteiger partial charge in [0.25, 0.3) is 16.8 Å². The molecule has 1 aliphatic heterocycles. The molecule has 0 radical (unpaired) electrons. The summed E-state index contributed by atoms with van der Waals surface area (Å²) in [5.74, 6) is 0.591. The number of carbonyl (C=O) groups is 2. The maximum Gasteiger partial charge on any atom is 0.293 e. The minimum atomic E-state index is -0.458. The highest BCUT2D eigenvalue weighted by molar-refractivity contribution is 8.18. The minimum Gasteiger partial charge on any atom is -0.493 e. The first-order valence-corrected chi connectivity index (χ1v) is 10.7. The Labute approximate surface area is 195 Å². The van der Waals surface area contributed by atoms with Crippen molar-refractivity contribution >= 4 is 34.7 Å². The maximum atomic E-state index is 12.5. The quantitative estimate of drug-likeness (QED) is 0.207. The number of hydrogen-bond donors (Lipinski definition) is 0. The first-order valence-electron chi connectivity index (χ1n) is 9.92. The summed E-state index contributed by atoms with van der Waals surface area (Å²) >= 11 is 0.875. The van der Waals surface area contributed by atoms with Crippen molar-refractivity contribution < 1.29 is 24.0 Å². The topological polar surface area (TPSA) is 99.0 Å². The lowest BCUT2D eigenvalue weighted by Crippen LogP contribution is -2.27. The summed E-state index contributed by atoms with van der Waals surface area (Å²) in [7, 11) is 1.51. The summed E-state index contributed by atoms with van der Waals surface area (Å²) < 4.78 is 11.5. The summed E-state index contributed by atoms with van der Waals surface area (Å²) in [5.41, 5.74) is 2.22. The third kappa shape index (κ3) is 5.50. The van der Waals surface area contributed by atoms with E-state index in [1.165, 1.54) is 25.3 Å². The Bertz CT molecular complexity index is 1140. The summed E-state index contributed by atoms with van der Waals surface area (Å²) in [4.78, 5) is 36.4. The highest BCUT2D eigenvalue weighted by Gasteiger charge is 2.34. The molecule has 2 amide bonds. The van der Waals surface area contributed by atoms with Crippen LogP contribution in [0.3, 0.4) is 0 Å². The van der Waals surface area contributed by atoms with Crippen molar-refractivity contribution in [3.63, 3.8) is 0 Å². The predicted octanol–water partition coefficient (Wildman–Crippen LogP) is 5.13. The lowest BCUT2D eigenvalue weighted by molar-refractivity contribution is -0.384. The molecule has 2 aromatic rings. The fraction of sp³-hybridized carbons (Fsp3) is 0.167. The maximum absolute atomic E-state index is 12.5. The van der Waals surface area contributed by atoms with E-state index in [0.29, 0.717) is 28.4 Å². The molecule has 0 N–H and O–H groups in total. The fourth-order valence-corrected chi connectivity index (χ4v) is 4.05. The molecule has 1 saturated heterocycles. The van der Waals surface area contributed by atoms with Crippen LogP contribution >= 0.6 is 11.8 Å². The van der Waals surface area contributed by atoms with Crippen LogP contribution in [0, 0.1) is 10.1 Å². The van der Waals surface area contributed by atoms with Gasteiger partial charge in [0, 0.05) is 24.2 Å². The zero-order valence-electron chi connectivity index (χ0n) is 18.0. The fourth-order valence-electron chi connectivity index (χ4n) is 3.20. The summed E-state index contributed by atoms with van der Waals surface area (Å²) in [6.45, 7) is 7.70. The number of benzene rings is 2. The van der Waals surface area contributed by atoms with Gasteiger partial charge in [-0.2, -0.15) is 0 Å². The van der Waals surface area contributed by atoms with Crippen molar-refractivity contribution in [1.82, 2.24) is 4.90 Å². The molecule has 0 spiro atoms. The van der Waals surface area contributed by atoms with E-state index >= 15 is 0 Å². The van der Waals surface area contributed by atoms with Crippen LogP contribution in [-0.2, 0) is 17.8 Å². The molecule has 0 aromatic heterocycles. The Morgan fingerprint density at radius 2 is 1.88 bits per heavy atom. The van der Waals surface area contributed by atoms with Gasteiger partial charge in [-0.25, -0.2) is 0 Å². The van der Waals surface area contributed by atoms with Gasteiger partial charge in [0.2, 0.25) is 0 Å². The first-order chi connectivity index (χ1) is 15.9. The molecule has 1 fully saturated rings. The van der Waals surface area contributed by atoms with Crippen LogP contribution in [0.4, 0.5) is 10.5 Å². The highest BCUT2D eigenvalue weighted by Crippen LogP contribution is 2.37. The van der Waals surface area contributed by atoms with Crippen LogP contribution in [0.1, 0.15) is 16.7 Å². The third-order valence-electron chi connectivity index (χ3n) is 4.75. The summed E-state index contributed by atoms with van der Waals surface area (Å²) in [6.07, 6.45) is 5.34. The molecule has 0 aliphatic carbocycles. The zero-order valence-corrected chi connectivity index (χ0v) is 18.8. The van der Waals surface area contributed by atoms with Crippen LogP contribution in [0.2, 0.25) is 0 Å². The van der Waals surface area contributed by atoms with Crippen molar-refractivity contribution in [3.8, 4) is 11.5 Å². The Hall–Kier alpha value is -3.85. The van der Waals surface area contributed by atoms with Gasteiger partial charge in [0.15, 0.2) is 11.5 Å². The average molecular weight is 467 g/mol. The van der Waals surface area contributed by atoms with E-state index in [1.54, 1.807) is 30.4 Å². The number of thioether (sulfide) groups is 1. The molecule has 1 heterocycles. The van der Waals surface area contributed by atoms with E-state index in [9.17, 15) is 19.7 Å². The second-order valence-electron chi connectivity index (χ2n) is 7.00. The highest BCUT2D eigenvalue weighted by atomic mass is 32.2. The van der Waals surface area contributed by atoms with Gasteiger partial charge in [-0.3, -0.25) is 24.6 Å². The number of hydrogen-bond acceptors (Lipinski definition) is 7. The molecule has 1 aliphatic rings. The SMILES string of the molecule is C=CCc1cc(/C=C2/SC(=O)N(CC=C)C2=O)cc(OC)c1OCc1ccc([N+](=O)[O-])cc1. The first kappa shape index (κ1) is 23.8. The van der Waals surface area contributed by atoms with Crippen LogP contribution < -0.4 is 9.47 Å². The molecule has 3 rings (SSSR count). The molecule has 9 heteroatoms. The van der Waals surface area contributed by atoms with Gasteiger partial charge in [-0.15, -0.1) is 13.2 Å². The largest absolute Gasteiger partial charge is 0.493 e. The number of amides is 2. The van der Waals surface area contributed by atoms with Crippen LogP contribution in [0.25, 0.3) is 6.08 Å². The number of rotatable bonds is 10. The van der Waals surface area contributed by atoms with Crippen LogP contribution in [0.5, 0.6) is 11.5 Å². The predicted molar refractivity (Wildman–Crippen MR) is 127 cm³/mol. The van der Waals surface area contributed by atoms with Gasteiger partial charge in [0.05, 0.1) is 16.9 Å². The molecule has 2 aromatic carbocycles. The molecule has 0 unspecified atom stereocenters. The van der Waals surface area contributed by atoms with Crippen molar-refractivity contribution in [2.45, 2.75) is 13.0 Å². The zero-order chi connectivity index (χ0) is 24.0. The van der Waals surface area contributed by atoms with E-state index in [1.807, 2.05) is 6.07 Å². The molecular weight excluding hydrogens is 444 g/mol. The molecule has 8 nitrogen and oxygen atoms in total. The number of nitrogens with zero attached hydrogens (tertiary/aromatic N) is 2. The average Bonchev–Trinajstić information content (AvgIpc) is 3.06. The number of allylic oxidation sites excluding steroid dienone is 1. The minimum absolute atomic E-state index is 0.00512. The van der Waals surface area contributed by atoms with E-state index < -0.39 is 4.92 Å². The van der Waals surface area contributed by atoms with Crippen molar-refractivity contribution in [2.24, 2.45) is 0 Å². The Morgan fingerprint density at radius 3 is 2.48 bits per heavy atom. The van der Waals surface area contributed by atoms with Gasteiger partial charge in [-0.1, -0.05) is 12.2 Å². The third-order valence-corrected chi connectivity index (χ3v) is 5.66. The lowest BCUT2D eigenvalue weighted by atomic mass is 10.0. The van der Waals surface area contributed by atoms with Crippen molar-refractivity contribution in [2.75, 3.05) is 13.7 Å². The number of ether oxygens (including phenoxy) is 2. The number of non-ortho nitro benzene ring substituents is 1. The molecule has 0 atom stereocenters. The normalized spacial score (nSPS) is 14.5. The van der Waals surface area contributed by atoms with Crippen molar-refractivity contribution in [3.05, 3.63) is 93.4 Å². The number of nitro groups is 1. The van der Waals surface area contributed by atoms with E-state index in [-0.39, 0.29) is 30.0 Å². The van der Waals surface area contributed by atoms with Gasteiger partial charge in [-0.05, 0) is 59.7 Å². The van der Waals surface area contributed by atoms with E-state index in [0.717, 1.165) is 27.8 Å². The Kier molecular flexibility index (Phi) is 7.68. The second kappa shape index (κ2) is 10.6. The van der Waals surface area contributed by atoms with Gasteiger partial charge < -0.3 is 9.47 Å². The molecular formula is C24H22N2O6S. The standard InChI is InChI=1S/C24H22N2O6S/c1-4-6-18-12-17(14-21-23(27)25(11-5-2)24(28)33-21)13-20(31-3)22(18)32-15-16-7-9-19(10-8-16)26(29)30/h4-5,7-10,12-14H,1-2,6,11,15H2,3H3/b21-14+. The molecule has 33 heavy (non-hydrogen) atoms. The number of nitro benzene ring substituents is 1.